The van der Waals surface area contributed by atoms with E-state index in [1.807, 2.05) is 6.07 Å². The van der Waals surface area contributed by atoms with Crippen molar-refractivity contribution >= 4 is 42.6 Å². The Morgan fingerprint density at radius 1 is 1.16 bits per heavy atom. The van der Waals surface area contributed by atoms with Crippen molar-refractivity contribution in [3.05, 3.63) is 42.2 Å². The van der Waals surface area contributed by atoms with Crippen molar-refractivity contribution in [2.75, 3.05) is 25.2 Å². The zero-order chi connectivity index (χ0) is 21.6. The molecule has 1 aromatic heterocycles. The number of aromatic nitrogens is 1. The van der Waals surface area contributed by atoms with Crippen molar-refractivity contribution < 1.29 is 27.1 Å². The molecule has 11 heteroatoms. The van der Waals surface area contributed by atoms with Gasteiger partial charge in [-0.2, -0.15) is 4.31 Å². The lowest BCUT2D eigenvalue weighted by Gasteiger charge is -2.30. The molecule has 1 saturated heterocycles. The number of piperidine rings is 1. The SMILES string of the molecule is O=C(Nc1nc2cc3c(cc2s1)OCO3)C1CCN(S(=O)(=O)c2ccccc2F)CC1. The second-order valence-corrected chi connectivity index (χ2v) is 10.2. The molecule has 0 radical (unpaired) electrons. The largest absolute Gasteiger partial charge is 0.454 e. The minimum atomic E-state index is -3.93. The molecule has 8 nitrogen and oxygen atoms in total. The Labute approximate surface area is 181 Å². The first-order valence-electron chi connectivity index (χ1n) is 9.67. The number of anilines is 1. The number of rotatable bonds is 4. The van der Waals surface area contributed by atoms with E-state index in [0.717, 1.165) is 10.8 Å². The third kappa shape index (κ3) is 3.73. The van der Waals surface area contributed by atoms with Gasteiger partial charge in [-0.05, 0) is 25.0 Å². The molecule has 1 amide bonds. The van der Waals surface area contributed by atoms with E-state index in [0.29, 0.717) is 35.0 Å². The van der Waals surface area contributed by atoms with Gasteiger partial charge < -0.3 is 14.8 Å². The van der Waals surface area contributed by atoms with Crippen LogP contribution in [0.3, 0.4) is 0 Å². The topological polar surface area (TPSA) is 97.8 Å². The molecule has 2 aliphatic rings. The maximum absolute atomic E-state index is 14.0. The highest BCUT2D eigenvalue weighted by Crippen LogP contribution is 2.39. The van der Waals surface area contributed by atoms with Crippen LogP contribution in [0.15, 0.2) is 41.3 Å². The smallest absolute Gasteiger partial charge is 0.245 e. The van der Waals surface area contributed by atoms with E-state index in [4.69, 9.17) is 9.47 Å². The highest BCUT2D eigenvalue weighted by atomic mass is 32.2. The molecule has 0 bridgehead atoms. The van der Waals surface area contributed by atoms with Gasteiger partial charge in [0.25, 0.3) is 0 Å². The van der Waals surface area contributed by atoms with Crippen LogP contribution in [-0.4, -0.2) is 43.5 Å². The predicted octanol–water partition coefficient (Wildman–Crippen LogP) is 3.20. The number of ether oxygens (including phenoxy) is 2. The molecular weight excluding hydrogens is 445 g/mol. The van der Waals surface area contributed by atoms with E-state index >= 15 is 0 Å². The fourth-order valence-electron chi connectivity index (χ4n) is 3.73. The number of amides is 1. The summed E-state index contributed by atoms with van der Waals surface area (Å²) in [5.41, 5.74) is 0.704. The van der Waals surface area contributed by atoms with Crippen molar-refractivity contribution in [3.8, 4) is 11.5 Å². The van der Waals surface area contributed by atoms with Gasteiger partial charge in [-0.1, -0.05) is 23.5 Å². The van der Waals surface area contributed by atoms with Crippen LogP contribution in [0.5, 0.6) is 11.5 Å². The lowest BCUT2D eigenvalue weighted by atomic mass is 9.97. The average molecular weight is 464 g/mol. The summed E-state index contributed by atoms with van der Waals surface area (Å²) in [6, 6.07) is 8.91. The van der Waals surface area contributed by atoms with Crippen LogP contribution in [0, 0.1) is 11.7 Å². The van der Waals surface area contributed by atoms with Crippen LogP contribution in [-0.2, 0) is 14.8 Å². The summed E-state index contributed by atoms with van der Waals surface area (Å²) in [6.07, 6.45) is 0.695. The monoisotopic (exact) mass is 463 g/mol. The van der Waals surface area contributed by atoms with Gasteiger partial charge in [0, 0.05) is 31.1 Å². The van der Waals surface area contributed by atoms with Crippen LogP contribution in [0.2, 0.25) is 0 Å². The highest BCUT2D eigenvalue weighted by Gasteiger charge is 2.33. The summed E-state index contributed by atoms with van der Waals surface area (Å²) in [4.78, 5) is 16.8. The zero-order valence-corrected chi connectivity index (χ0v) is 17.8. The molecule has 3 aromatic rings. The summed E-state index contributed by atoms with van der Waals surface area (Å²) in [7, 11) is -3.93. The number of hydrogen-bond donors (Lipinski definition) is 1. The minimum absolute atomic E-state index is 0.149. The standard InChI is InChI=1S/C20H18FN3O5S2/c21-13-3-1-2-4-18(13)31(26,27)24-7-5-12(6-8-24)19(25)23-20-22-14-9-15-16(29-11-28-15)10-17(14)30-20/h1-4,9-10,12H,5-8,11H2,(H,22,23,25). The number of sulfonamides is 1. The molecule has 162 valence electrons. The zero-order valence-electron chi connectivity index (χ0n) is 16.2. The van der Waals surface area contributed by atoms with Crippen LogP contribution >= 0.6 is 11.3 Å². The highest BCUT2D eigenvalue weighted by molar-refractivity contribution is 7.89. The quantitative estimate of drug-likeness (QED) is 0.638. The van der Waals surface area contributed by atoms with Gasteiger partial charge in [-0.25, -0.2) is 17.8 Å². The Morgan fingerprint density at radius 2 is 1.87 bits per heavy atom. The molecule has 2 aliphatic heterocycles. The van der Waals surface area contributed by atoms with Gasteiger partial charge in [0.15, 0.2) is 16.6 Å². The Bertz CT molecular complexity index is 1230. The molecule has 0 atom stereocenters. The van der Waals surface area contributed by atoms with Gasteiger partial charge in [0.2, 0.25) is 22.7 Å². The third-order valence-electron chi connectivity index (χ3n) is 5.39. The first-order chi connectivity index (χ1) is 14.9. The molecule has 1 N–H and O–H groups in total. The number of carbonyl (C=O) groups is 1. The van der Waals surface area contributed by atoms with Crippen molar-refractivity contribution in [3.63, 3.8) is 0 Å². The second-order valence-electron chi connectivity index (χ2n) is 7.29. The number of hydrogen-bond acceptors (Lipinski definition) is 7. The molecule has 5 rings (SSSR count). The minimum Gasteiger partial charge on any atom is -0.454 e. The second kappa shape index (κ2) is 7.74. The van der Waals surface area contributed by atoms with Crippen LogP contribution in [0.25, 0.3) is 10.2 Å². The van der Waals surface area contributed by atoms with Gasteiger partial charge in [-0.15, -0.1) is 0 Å². The Balaban J connectivity index is 1.24. The molecule has 0 saturated carbocycles. The summed E-state index contributed by atoms with van der Waals surface area (Å²) in [6.45, 7) is 0.480. The molecule has 2 aromatic carbocycles. The van der Waals surface area contributed by atoms with E-state index in [2.05, 4.69) is 10.3 Å². The fraction of sp³-hybridized carbons (Fsp3) is 0.300. The molecular formula is C20H18FN3O5S2. The van der Waals surface area contributed by atoms with E-state index in [1.165, 1.54) is 33.8 Å². The van der Waals surface area contributed by atoms with Crippen LogP contribution in [0.4, 0.5) is 9.52 Å². The fourth-order valence-corrected chi connectivity index (χ4v) is 6.14. The lowest BCUT2D eigenvalue weighted by molar-refractivity contribution is -0.120. The molecule has 31 heavy (non-hydrogen) atoms. The summed E-state index contributed by atoms with van der Waals surface area (Å²) in [5, 5.41) is 3.29. The Morgan fingerprint density at radius 3 is 2.61 bits per heavy atom. The van der Waals surface area contributed by atoms with E-state index in [1.54, 1.807) is 6.07 Å². The Kier molecular flexibility index (Phi) is 5.03. The van der Waals surface area contributed by atoms with Crippen molar-refractivity contribution in [2.45, 2.75) is 17.7 Å². The summed E-state index contributed by atoms with van der Waals surface area (Å²) < 4.78 is 52.2. The van der Waals surface area contributed by atoms with Crippen molar-refractivity contribution in [2.24, 2.45) is 5.92 Å². The summed E-state index contributed by atoms with van der Waals surface area (Å²) in [5.74, 6) is -0.0608. The number of thiazole rings is 1. The van der Waals surface area contributed by atoms with Crippen molar-refractivity contribution in [1.29, 1.82) is 0 Å². The van der Waals surface area contributed by atoms with E-state index in [9.17, 15) is 17.6 Å². The maximum atomic E-state index is 14.0. The third-order valence-corrected chi connectivity index (χ3v) is 8.26. The number of nitrogens with one attached hydrogen (secondary N) is 1. The summed E-state index contributed by atoms with van der Waals surface area (Å²) >= 11 is 1.33. The van der Waals surface area contributed by atoms with Crippen LogP contribution in [0.1, 0.15) is 12.8 Å². The number of fused-ring (bicyclic) bond motifs is 2. The van der Waals surface area contributed by atoms with Gasteiger partial charge in [0.05, 0.1) is 10.2 Å². The normalized spacial score (nSPS) is 17.2. The molecule has 0 aliphatic carbocycles. The first-order valence-corrected chi connectivity index (χ1v) is 11.9. The molecule has 0 spiro atoms. The lowest BCUT2D eigenvalue weighted by Crippen LogP contribution is -2.41. The van der Waals surface area contributed by atoms with Crippen molar-refractivity contribution in [1.82, 2.24) is 9.29 Å². The predicted molar refractivity (Wildman–Crippen MR) is 112 cm³/mol. The number of carbonyl (C=O) groups excluding carboxylic acids is 1. The molecule has 3 heterocycles. The number of benzene rings is 2. The van der Waals surface area contributed by atoms with Crippen LogP contribution < -0.4 is 14.8 Å². The number of nitrogens with zero attached hydrogens (tertiary/aromatic N) is 2. The first kappa shape index (κ1) is 20.2. The van der Waals surface area contributed by atoms with Gasteiger partial charge >= 0.3 is 0 Å². The van der Waals surface area contributed by atoms with E-state index in [-0.39, 0.29) is 36.6 Å². The molecule has 0 unspecified atom stereocenters. The Hall–Kier alpha value is -2.76. The number of halogens is 1. The van der Waals surface area contributed by atoms with E-state index < -0.39 is 15.8 Å². The van der Waals surface area contributed by atoms with Gasteiger partial charge in [0.1, 0.15) is 10.7 Å². The average Bonchev–Trinajstić information content (AvgIpc) is 3.37. The molecule has 1 fully saturated rings. The maximum Gasteiger partial charge on any atom is 0.245 e. The van der Waals surface area contributed by atoms with Gasteiger partial charge in [-0.3, -0.25) is 4.79 Å².